The van der Waals surface area contributed by atoms with Crippen molar-refractivity contribution in [2.75, 3.05) is 10.6 Å². The Bertz CT molecular complexity index is 946. The molecule has 122 valence electrons. The first-order valence-electron chi connectivity index (χ1n) is 7.49. The first-order chi connectivity index (χ1) is 12.2. The van der Waals surface area contributed by atoms with Crippen LogP contribution in [-0.4, -0.2) is 21.0 Å². The summed E-state index contributed by atoms with van der Waals surface area (Å²) in [5.41, 5.74) is 2.51. The van der Waals surface area contributed by atoms with Crippen molar-refractivity contribution in [3.05, 3.63) is 65.9 Å². The minimum atomic E-state index is 0.0119. The monoisotopic (exact) mass is 330 g/mol. The van der Waals surface area contributed by atoms with Crippen LogP contribution in [0.2, 0.25) is 0 Å². The first kappa shape index (κ1) is 16.1. The Hall–Kier alpha value is -3.79. The highest BCUT2D eigenvalue weighted by Gasteiger charge is 2.06. The summed E-state index contributed by atoms with van der Waals surface area (Å²) in [4.78, 5) is 15.6. The Labute approximate surface area is 144 Å². The quantitative estimate of drug-likeness (QED) is 0.691. The van der Waals surface area contributed by atoms with Crippen molar-refractivity contribution < 1.29 is 4.79 Å². The van der Waals surface area contributed by atoms with E-state index in [1.807, 2.05) is 6.07 Å². The van der Waals surface area contributed by atoms with E-state index in [-0.39, 0.29) is 11.7 Å². The molecule has 0 aliphatic carbocycles. The van der Waals surface area contributed by atoms with Gasteiger partial charge in [-0.05, 0) is 43.3 Å². The topological polar surface area (TPSA) is 104 Å². The van der Waals surface area contributed by atoms with E-state index in [4.69, 9.17) is 5.26 Å². The van der Waals surface area contributed by atoms with E-state index in [1.54, 1.807) is 42.5 Å². The zero-order chi connectivity index (χ0) is 17.6. The predicted octanol–water partition coefficient (Wildman–Crippen LogP) is 3.43. The van der Waals surface area contributed by atoms with E-state index < -0.39 is 0 Å². The number of nitrogens with zero attached hydrogens (tertiary/aromatic N) is 4. The highest BCUT2D eigenvalue weighted by Crippen LogP contribution is 2.19. The molecule has 0 spiro atoms. The molecule has 0 aliphatic heterocycles. The molecule has 2 N–H and O–H groups in total. The molecule has 2 aromatic carbocycles. The molecular weight excluding hydrogens is 316 g/mol. The molecule has 0 saturated carbocycles. The lowest BCUT2D eigenvalue weighted by Crippen LogP contribution is -2.03. The third kappa shape index (κ3) is 3.95. The van der Waals surface area contributed by atoms with Crippen LogP contribution < -0.4 is 10.6 Å². The molecule has 0 atom stereocenters. The molecule has 0 unspecified atom stereocenters. The number of hydrogen-bond acceptors (Lipinski definition) is 7. The van der Waals surface area contributed by atoms with Gasteiger partial charge in [-0.25, -0.2) is 0 Å². The second-order valence-electron chi connectivity index (χ2n) is 5.21. The maximum Gasteiger partial charge on any atom is 0.249 e. The summed E-state index contributed by atoms with van der Waals surface area (Å²) in [6.45, 7) is 1.52. The van der Waals surface area contributed by atoms with Crippen molar-refractivity contribution in [3.63, 3.8) is 0 Å². The van der Waals surface area contributed by atoms with Crippen molar-refractivity contribution >= 4 is 28.9 Å². The second-order valence-corrected chi connectivity index (χ2v) is 5.21. The average Bonchev–Trinajstić information content (AvgIpc) is 2.63. The number of nitrogens with one attached hydrogen (secondary N) is 2. The molecule has 3 rings (SSSR count). The molecule has 7 nitrogen and oxygen atoms in total. The van der Waals surface area contributed by atoms with E-state index in [1.165, 1.54) is 13.1 Å². The molecule has 0 radical (unpaired) electrons. The van der Waals surface area contributed by atoms with E-state index in [0.717, 1.165) is 5.69 Å². The number of rotatable bonds is 5. The van der Waals surface area contributed by atoms with Crippen LogP contribution in [0.4, 0.5) is 23.1 Å². The van der Waals surface area contributed by atoms with Crippen LogP contribution in [-0.2, 0) is 0 Å². The van der Waals surface area contributed by atoms with Crippen LogP contribution in [0.5, 0.6) is 0 Å². The Balaban J connectivity index is 1.77. The molecule has 0 saturated heterocycles. The van der Waals surface area contributed by atoms with Crippen molar-refractivity contribution in [2.24, 2.45) is 0 Å². The van der Waals surface area contributed by atoms with Gasteiger partial charge in [0.2, 0.25) is 5.95 Å². The second kappa shape index (κ2) is 7.19. The van der Waals surface area contributed by atoms with E-state index in [0.29, 0.717) is 22.6 Å². The predicted molar refractivity (Wildman–Crippen MR) is 94.0 cm³/mol. The number of aromatic nitrogens is 3. The van der Waals surface area contributed by atoms with E-state index in [9.17, 15) is 4.79 Å². The van der Waals surface area contributed by atoms with Crippen LogP contribution >= 0.6 is 0 Å². The Kier molecular flexibility index (Phi) is 4.62. The zero-order valence-electron chi connectivity index (χ0n) is 13.4. The zero-order valence-corrected chi connectivity index (χ0v) is 13.4. The molecule has 1 aromatic heterocycles. The van der Waals surface area contributed by atoms with Crippen LogP contribution in [0.1, 0.15) is 22.8 Å². The maximum absolute atomic E-state index is 11.3. The third-order valence-electron chi connectivity index (χ3n) is 3.42. The number of para-hydroxylation sites is 1. The summed E-state index contributed by atoms with van der Waals surface area (Å²) in [7, 11) is 0. The van der Waals surface area contributed by atoms with Gasteiger partial charge in [0.25, 0.3) is 0 Å². The summed E-state index contributed by atoms with van der Waals surface area (Å²) in [5.74, 6) is 0.772. The average molecular weight is 330 g/mol. The van der Waals surface area contributed by atoms with Gasteiger partial charge >= 0.3 is 0 Å². The highest BCUT2D eigenvalue weighted by atomic mass is 16.1. The summed E-state index contributed by atoms with van der Waals surface area (Å²) in [5, 5.41) is 23.0. The van der Waals surface area contributed by atoms with Crippen LogP contribution in [0.15, 0.2) is 54.7 Å². The van der Waals surface area contributed by atoms with Gasteiger partial charge in [0, 0.05) is 11.3 Å². The number of hydrogen-bond donors (Lipinski definition) is 2. The number of nitriles is 1. The van der Waals surface area contributed by atoms with Crippen molar-refractivity contribution in [1.29, 1.82) is 5.26 Å². The first-order valence-corrected chi connectivity index (χ1v) is 7.49. The molecule has 0 fully saturated rings. The summed E-state index contributed by atoms with van der Waals surface area (Å²) >= 11 is 0. The normalized spacial score (nSPS) is 9.92. The van der Waals surface area contributed by atoms with E-state index in [2.05, 4.69) is 31.9 Å². The fourth-order valence-corrected chi connectivity index (χ4v) is 2.16. The van der Waals surface area contributed by atoms with E-state index >= 15 is 0 Å². The van der Waals surface area contributed by atoms with Gasteiger partial charge in [0.1, 0.15) is 6.07 Å². The van der Waals surface area contributed by atoms with Gasteiger partial charge in [-0.2, -0.15) is 15.3 Å². The molecule has 0 bridgehead atoms. The van der Waals surface area contributed by atoms with Crippen LogP contribution in [0, 0.1) is 11.3 Å². The summed E-state index contributed by atoms with van der Waals surface area (Å²) in [6, 6.07) is 16.2. The lowest BCUT2D eigenvalue weighted by molar-refractivity contribution is 0.101. The number of benzene rings is 2. The largest absolute Gasteiger partial charge is 0.339 e. The smallest absolute Gasteiger partial charge is 0.249 e. The number of carbonyl (C=O) groups is 1. The maximum atomic E-state index is 11.3. The lowest BCUT2D eigenvalue weighted by Gasteiger charge is -2.08. The molecule has 0 aliphatic rings. The molecule has 7 heteroatoms. The van der Waals surface area contributed by atoms with Crippen molar-refractivity contribution in [3.8, 4) is 6.07 Å². The van der Waals surface area contributed by atoms with Gasteiger partial charge < -0.3 is 10.6 Å². The third-order valence-corrected chi connectivity index (χ3v) is 3.42. The van der Waals surface area contributed by atoms with Crippen LogP contribution in [0.3, 0.4) is 0 Å². The lowest BCUT2D eigenvalue weighted by atomic mass is 10.1. The number of carbonyl (C=O) groups excluding carboxylic acids is 1. The molecule has 0 amide bonds. The van der Waals surface area contributed by atoms with Gasteiger partial charge in [0.05, 0.1) is 17.4 Å². The molecule has 1 heterocycles. The molecule has 3 aromatic rings. The Morgan fingerprint density at radius 2 is 1.84 bits per heavy atom. The fraction of sp³-hybridized carbons (Fsp3) is 0.0556. The Morgan fingerprint density at radius 1 is 1.08 bits per heavy atom. The van der Waals surface area contributed by atoms with Crippen molar-refractivity contribution in [1.82, 2.24) is 15.2 Å². The number of Topliss-reactive ketones (excluding diaryl/α,β-unsaturated/α-hetero) is 1. The molecular formula is C18H14N6O. The standard InChI is InChI=1S/C18H14N6O/c1-12(25)13-6-8-15(9-7-13)21-17-11-20-24-18(23-17)22-16-5-3-2-4-14(16)10-19/h2-9,11H,1H3,(H2,21,22,23,24). The van der Waals surface area contributed by atoms with Gasteiger partial charge in [0.15, 0.2) is 11.6 Å². The van der Waals surface area contributed by atoms with Crippen LogP contribution in [0.25, 0.3) is 0 Å². The number of anilines is 4. The SMILES string of the molecule is CC(=O)c1ccc(Nc2cnnc(Nc3ccccc3C#N)n2)cc1. The van der Waals surface area contributed by atoms with Gasteiger partial charge in [-0.15, -0.1) is 5.10 Å². The summed E-state index contributed by atoms with van der Waals surface area (Å²) in [6.07, 6.45) is 1.49. The minimum absolute atomic E-state index is 0.0119. The molecule has 25 heavy (non-hydrogen) atoms. The highest BCUT2D eigenvalue weighted by molar-refractivity contribution is 5.94. The van der Waals surface area contributed by atoms with Gasteiger partial charge in [-0.1, -0.05) is 12.1 Å². The summed E-state index contributed by atoms with van der Waals surface area (Å²) < 4.78 is 0. The van der Waals surface area contributed by atoms with Gasteiger partial charge in [-0.3, -0.25) is 4.79 Å². The van der Waals surface area contributed by atoms with Crippen molar-refractivity contribution in [2.45, 2.75) is 6.92 Å². The minimum Gasteiger partial charge on any atom is -0.339 e. The number of ketones is 1. The Morgan fingerprint density at radius 3 is 2.56 bits per heavy atom. The fourth-order valence-electron chi connectivity index (χ4n) is 2.16.